The fraction of sp³-hybridized carbons (Fsp3) is 0.625. The van der Waals surface area contributed by atoms with E-state index in [9.17, 15) is 4.79 Å². The quantitative estimate of drug-likeness (QED) is 0.849. The highest BCUT2D eigenvalue weighted by Gasteiger charge is 2.48. The van der Waals surface area contributed by atoms with Crippen LogP contribution in [0.5, 0.6) is 0 Å². The Kier molecular flexibility index (Phi) is 4.31. The Morgan fingerprint density at radius 1 is 1.45 bits per heavy atom. The lowest BCUT2D eigenvalue weighted by atomic mass is 9.76. The molecule has 2 aliphatic heterocycles. The molecule has 0 radical (unpaired) electrons. The molecule has 2 fully saturated rings. The van der Waals surface area contributed by atoms with Gasteiger partial charge in [-0.1, -0.05) is 0 Å². The summed E-state index contributed by atoms with van der Waals surface area (Å²) < 4.78 is 5.47. The first-order chi connectivity index (χ1) is 10.6. The third-order valence-corrected chi connectivity index (χ3v) is 4.80. The van der Waals surface area contributed by atoms with Gasteiger partial charge in [-0.15, -0.1) is 0 Å². The van der Waals surface area contributed by atoms with Crippen molar-refractivity contribution in [3.63, 3.8) is 0 Å². The predicted octanol–water partition coefficient (Wildman–Crippen LogP) is 0.532. The van der Waals surface area contributed by atoms with Crippen molar-refractivity contribution < 1.29 is 9.53 Å². The van der Waals surface area contributed by atoms with E-state index in [-0.39, 0.29) is 17.4 Å². The Balaban J connectivity index is 1.73. The number of ether oxygens (including phenoxy) is 1. The average Bonchev–Trinajstić information content (AvgIpc) is 2.82. The van der Waals surface area contributed by atoms with Gasteiger partial charge in [0.15, 0.2) is 0 Å². The fourth-order valence-electron chi connectivity index (χ4n) is 3.47. The molecule has 22 heavy (non-hydrogen) atoms. The van der Waals surface area contributed by atoms with Gasteiger partial charge in [-0.3, -0.25) is 15.1 Å². The molecule has 6 nitrogen and oxygen atoms in total. The molecule has 1 aromatic rings. The van der Waals surface area contributed by atoms with Gasteiger partial charge in [0.1, 0.15) is 0 Å². The summed E-state index contributed by atoms with van der Waals surface area (Å²) in [4.78, 5) is 18.7. The molecule has 6 heteroatoms. The zero-order chi connectivity index (χ0) is 15.6. The minimum atomic E-state index is -0.159. The van der Waals surface area contributed by atoms with Crippen molar-refractivity contribution in [1.29, 1.82) is 0 Å². The summed E-state index contributed by atoms with van der Waals surface area (Å²) in [6, 6.07) is 3.82. The third-order valence-electron chi connectivity index (χ3n) is 4.80. The Morgan fingerprint density at radius 2 is 2.23 bits per heavy atom. The molecule has 0 aliphatic carbocycles. The van der Waals surface area contributed by atoms with E-state index in [1.165, 1.54) is 0 Å². The molecule has 1 amide bonds. The molecule has 2 N–H and O–H groups in total. The van der Waals surface area contributed by atoms with Crippen molar-refractivity contribution in [3.05, 3.63) is 24.0 Å². The first-order valence-electron chi connectivity index (χ1n) is 7.82. The Hall–Kier alpha value is -1.66. The Labute approximate surface area is 131 Å². The Morgan fingerprint density at radius 3 is 2.95 bits per heavy atom. The maximum absolute atomic E-state index is 12.2. The van der Waals surface area contributed by atoms with Crippen molar-refractivity contribution in [2.45, 2.75) is 25.4 Å². The molecular weight excluding hydrogens is 280 g/mol. The van der Waals surface area contributed by atoms with Crippen LogP contribution in [0.2, 0.25) is 0 Å². The van der Waals surface area contributed by atoms with Crippen LogP contribution in [-0.2, 0) is 16.1 Å². The van der Waals surface area contributed by atoms with E-state index < -0.39 is 0 Å². The number of aromatic nitrogens is 1. The van der Waals surface area contributed by atoms with Crippen molar-refractivity contribution >= 4 is 11.6 Å². The lowest BCUT2D eigenvalue weighted by Crippen LogP contribution is -2.49. The van der Waals surface area contributed by atoms with Gasteiger partial charge in [0, 0.05) is 52.0 Å². The van der Waals surface area contributed by atoms with E-state index in [1.54, 1.807) is 6.20 Å². The van der Waals surface area contributed by atoms with Gasteiger partial charge >= 0.3 is 0 Å². The number of pyridine rings is 1. The topological polar surface area (TPSA) is 66.5 Å². The number of hydrogen-bond donors (Lipinski definition) is 2. The van der Waals surface area contributed by atoms with Crippen LogP contribution in [0.1, 0.15) is 18.5 Å². The fourth-order valence-corrected chi connectivity index (χ4v) is 3.47. The lowest BCUT2D eigenvalue weighted by molar-refractivity contribution is -0.122. The number of nitrogens with zero attached hydrogens (tertiary/aromatic N) is 2. The second-order valence-corrected chi connectivity index (χ2v) is 6.37. The maximum atomic E-state index is 12.2. The van der Waals surface area contributed by atoms with Gasteiger partial charge in [0.2, 0.25) is 5.91 Å². The number of nitrogens with one attached hydrogen (secondary N) is 2. The van der Waals surface area contributed by atoms with E-state index in [0.29, 0.717) is 6.54 Å². The smallest absolute Gasteiger partial charge is 0.237 e. The highest BCUT2D eigenvalue weighted by Crippen LogP contribution is 2.37. The van der Waals surface area contributed by atoms with E-state index >= 15 is 0 Å². The summed E-state index contributed by atoms with van der Waals surface area (Å²) in [7, 11) is 4.01. The molecule has 1 atom stereocenters. The normalized spacial score (nSPS) is 23.5. The van der Waals surface area contributed by atoms with Crippen LogP contribution in [0.15, 0.2) is 18.3 Å². The van der Waals surface area contributed by atoms with Crippen molar-refractivity contribution in [1.82, 2.24) is 15.6 Å². The molecule has 3 rings (SSSR count). The van der Waals surface area contributed by atoms with Crippen LogP contribution in [-0.4, -0.2) is 50.8 Å². The van der Waals surface area contributed by atoms with Crippen molar-refractivity contribution in [3.8, 4) is 0 Å². The number of anilines is 1. The summed E-state index contributed by atoms with van der Waals surface area (Å²) in [5.74, 6) is 0.101. The predicted molar refractivity (Wildman–Crippen MR) is 84.7 cm³/mol. The first kappa shape index (κ1) is 15.2. The van der Waals surface area contributed by atoms with E-state index in [1.807, 2.05) is 31.1 Å². The SMILES string of the molecule is CN(C)c1cccnc1CNC1C(=O)NCC12CCOCC2. The number of rotatable bonds is 4. The molecule has 120 valence electrons. The maximum Gasteiger partial charge on any atom is 0.237 e. The second kappa shape index (κ2) is 6.22. The van der Waals surface area contributed by atoms with Crippen LogP contribution in [0.3, 0.4) is 0 Å². The minimum absolute atomic E-state index is 0.0115. The summed E-state index contributed by atoms with van der Waals surface area (Å²) in [6.45, 7) is 2.81. The molecule has 1 unspecified atom stereocenters. The van der Waals surface area contributed by atoms with Gasteiger partial charge in [-0.2, -0.15) is 0 Å². The van der Waals surface area contributed by atoms with Gasteiger partial charge in [0.25, 0.3) is 0 Å². The largest absolute Gasteiger partial charge is 0.381 e. The molecule has 3 heterocycles. The lowest BCUT2D eigenvalue weighted by Gasteiger charge is -2.37. The van der Waals surface area contributed by atoms with Gasteiger partial charge in [-0.25, -0.2) is 0 Å². The van der Waals surface area contributed by atoms with E-state index in [4.69, 9.17) is 4.74 Å². The molecule has 2 aliphatic rings. The summed E-state index contributed by atoms with van der Waals surface area (Å²) in [5.41, 5.74) is 2.03. The van der Waals surface area contributed by atoms with Crippen molar-refractivity contribution in [2.24, 2.45) is 5.41 Å². The van der Waals surface area contributed by atoms with Crippen LogP contribution in [0.25, 0.3) is 0 Å². The molecular formula is C16H24N4O2. The van der Waals surface area contributed by atoms with E-state index in [2.05, 4.69) is 15.6 Å². The molecule has 1 aromatic heterocycles. The highest BCUT2D eigenvalue weighted by molar-refractivity contribution is 5.85. The average molecular weight is 304 g/mol. The van der Waals surface area contributed by atoms with E-state index in [0.717, 1.165) is 44.0 Å². The standard InChI is InChI=1S/C16H24N4O2/c1-20(2)13-4-3-7-17-12(13)10-18-14-15(21)19-11-16(14)5-8-22-9-6-16/h3-4,7,14,18H,5-6,8-11H2,1-2H3,(H,19,21). The van der Waals surface area contributed by atoms with Crippen LogP contribution in [0, 0.1) is 5.41 Å². The zero-order valence-corrected chi connectivity index (χ0v) is 13.3. The minimum Gasteiger partial charge on any atom is -0.381 e. The van der Waals surface area contributed by atoms with Crippen molar-refractivity contribution in [2.75, 3.05) is 38.8 Å². The number of carbonyl (C=O) groups is 1. The molecule has 0 bridgehead atoms. The van der Waals surface area contributed by atoms with Gasteiger partial charge < -0.3 is 15.0 Å². The summed E-state index contributed by atoms with van der Waals surface area (Å²) in [5, 5.41) is 6.46. The number of carbonyl (C=O) groups excluding carboxylic acids is 1. The molecule has 1 spiro atoms. The molecule has 0 aromatic carbocycles. The van der Waals surface area contributed by atoms with Crippen LogP contribution >= 0.6 is 0 Å². The second-order valence-electron chi connectivity index (χ2n) is 6.37. The number of amides is 1. The zero-order valence-electron chi connectivity index (χ0n) is 13.3. The highest BCUT2D eigenvalue weighted by atomic mass is 16.5. The van der Waals surface area contributed by atoms with Gasteiger partial charge in [0.05, 0.1) is 17.4 Å². The van der Waals surface area contributed by atoms with Crippen LogP contribution in [0.4, 0.5) is 5.69 Å². The number of hydrogen-bond acceptors (Lipinski definition) is 5. The monoisotopic (exact) mass is 304 g/mol. The molecule has 2 saturated heterocycles. The molecule has 0 saturated carbocycles. The van der Waals surface area contributed by atoms with Crippen LogP contribution < -0.4 is 15.5 Å². The van der Waals surface area contributed by atoms with Gasteiger partial charge in [-0.05, 0) is 25.0 Å². The Bertz CT molecular complexity index is 541. The first-order valence-corrected chi connectivity index (χ1v) is 7.82. The third kappa shape index (κ3) is 2.80. The summed E-state index contributed by atoms with van der Waals surface area (Å²) >= 11 is 0. The summed E-state index contributed by atoms with van der Waals surface area (Å²) in [6.07, 6.45) is 3.64.